The lowest BCUT2D eigenvalue weighted by Crippen LogP contribution is -2.08. The molecule has 0 atom stereocenters. The summed E-state index contributed by atoms with van der Waals surface area (Å²) < 4.78 is 15.5. The molecule has 1 aromatic heterocycles. The van der Waals surface area contributed by atoms with Crippen molar-refractivity contribution >= 4 is 11.6 Å². The van der Waals surface area contributed by atoms with Crippen LogP contribution in [0.5, 0.6) is 0 Å². The predicted octanol–water partition coefficient (Wildman–Crippen LogP) is 3.00. The van der Waals surface area contributed by atoms with Gasteiger partial charge in [0.1, 0.15) is 11.5 Å². The average Bonchev–Trinajstić information content (AvgIpc) is 2.58. The SMILES string of the molecule is CNCc1c(C)nn(-c2c(F)cccc2Cl)c1C. The summed E-state index contributed by atoms with van der Waals surface area (Å²) in [6.07, 6.45) is 0. The number of aryl methyl sites for hydroxylation is 1. The fourth-order valence-electron chi connectivity index (χ4n) is 2.02. The second-order valence-corrected chi connectivity index (χ2v) is 4.57. The monoisotopic (exact) mass is 267 g/mol. The van der Waals surface area contributed by atoms with Gasteiger partial charge in [-0.3, -0.25) is 0 Å². The van der Waals surface area contributed by atoms with Crippen molar-refractivity contribution in [1.29, 1.82) is 0 Å². The normalized spacial score (nSPS) is 10.9. The Morgan fingerprint density at radius 3 is 2.72 bits per heavy atom. The molecule has 1 heterocycles. The number of benzene rings is 1. The van der Waals surface area contributed by atoms with E-state index in [1.807, 2.05) is 20.9 Å². The molecule has 0 fully saturated rings. The Morgan fingerprint density at radius 2 is 2.11 bits per heavy atom. The van der Waals surface area contributed by atoms with Crippen LogP contribution in [0.25, 0.3) is 5.69 Å². The van der Waals surface area contributed by atoms with Crippen LogP contribution in [0, 0.1) is 19.7 Å². The van der Waals surface area contributed by atoms with Gasteiger partial charge in [0.25, 0.3) is 0 Å². The highest BCUT2D eigenvalue weighted by Crippen LogP contribution is 2.26. The third-order valence-corrected chi connectivity index (χ3v) is 3.25. The average molecular weight is 268 g/mol. The highest BCUT2D eigenvalue weighted by Gasteiger charge is 2.16. The lowest BCUT2D eigenvalue weighted by molar-refractivity contribution is 0.608. The summed E-state index contributed by atoms with van der Waals surface area (Å²) in [6, 6.07) is 4.63. The molecule has 18 heavy (non-hydrogen) atoms. The van der Waals surface area contributed by atoms with Gasteiger partial charge in [-0.15, -0.1) is 0 Å². The van der Waals surface area contributed by atoms with E-state index in [2.05, 4.69) is 10.4 Å². The fraction of sp³-hybridized carbons (Fsp3) is 0.308. The Kier molecular flexibility index (Phi) is 3.68. The van der Waals surface area contributed by atoms with Crippen molar-refractivity contribution in [2.45, 2.75) is 20.4 Å². The number of nitrogens with one attached hydrogen (secondary N) is 1. The highest BCUT2D eigenvalue weighted by atomic mass is 35.5. The molecule has 0 bridgehead atoms. The van der Waals surface area contributed by atoms with Gasteiger partial charge >= 0.3 is 0 Å². The minimum atomic E-state index is -0.371. The van der Waals surface area contributed by atoms with E-state index in [1.54, 1.807) is 16.8 Å². The van der Waals surface area contributed by atoms with Gasteiger partial charge in [0.15, 0.2) is 0 Å². The van der Waals surface area contributed by atoms with Gasteiger partial charge in [0.2, 0.25) is 0 Å². The van der Waals surface area contributed by atoms with Crippen LogP contribution >= 0.6 is 11.6 Å². The van der Waals surface area contributed by atoms with Crippen molar-refractivity contribution < 1.29 is 4.39 Å². The molecule has 96 valence electrons. The first-order valence-electron chi connectivity index (χ1n) is 5.70. The zero-order valence-electron chi connectivity index (χ0n) is 10.6. The standard InChI is InChI=1S/C13H15ClFN3/c1-8-10(7-16-3)9(2)18(17-8)13-11(14)5-4-6-12(13)15/h4-6,16H,7H2,1-3H3. The maximum Gasteiger partial charge on any atom is 0.150 e. The van der Waals surface area contributed by atoms with Crippen LogP contribution in [0.1, 0.15) is 17.0 Å². The summed E-state index contributed by atoms with van der Waals surface area (Å²) in [6.45, 7) is 4.52. The van der Waals surface area contributed by atoms with Gasteiger partial charge in [0, 0.05) is 17.8 Å². The first-order valence-corrected chi connectivity index (χ1v) is 6.08. The zero-order valence-corrected chi connectivity index (χ0v) is 11.3. The van der Waals surface area contributed by atoms with Gasteiger partial charge < -0.3 is 5.32 Å². The molecular formula is C13H15ClFN3. The van der Waals surface area contributed by atoms with Crippen LogP contribution in [-0.4, -0.2) is 16.8 Å². The van der Waals surface area contributed by atoms with Crippen LogP contribution in [0.15, 0.2) is 18.2 Å². The zero-order chi connectivity index (χ0) is 13.3. The van der Waals surface area contributed by atoms with E-state index in [4.69, 9.17) is 11.6 Å². The summed E-state index contributed by atoms with van der Waals surface area (Å²) in [4.78, 5) is 0. The third-order valence-electron chi connectivity index (χ3n) is 2.94. The molecular weight excluding hydrogens is 253 g/mol. The van der Waals surface area contributed by atoms with E-state index in [1.165, 1.54) is 6.07 Å². The van der Waals surface area contributed by atoms with Crippen LogP contribution < -0.4 is 5.32 Å². The van der Waals surface area contributed by atoms with Crippen molar-refractivity contribution in [2.24, 2.45) is 0 Å². The molecule has 0 unspecified atom stereocenters. The topological polar surface area (TPSA) is 29.9 Å². The number of nitrogens with zero attached hydrogens (tertiary/aromatic N) is 2. The number of hydrogen-bond donors (Lipinski definition) is 1. The molecule has 1 N–H and O–H groups in total. The molecule has 2 rings (SSSR count). The Morgan fingerprint density at radius 1 is 1.39 bits per heavy atom. The molecule has 0 saturated carbocycles. The van der Waals surface area contributed by atoms with Crippen molar-refractivity contribution in [2.75, 3.05) is 7.05 Å². The summed E-state index contributed by atoms with van der Waals surface area (Å²) >= 11 is 6.06. The second-order valence-electron chi connectivity index (χ2n) is 4.16. The molecule has 0 aliphatic rings. The van der Waals surface area contributed by atoms with Crippen molar-refractivity contribution in [3.05, 3.63) is 46.0 Å². The molecule has 0 saturated heterocycles. The number of hydrogen-bond acceptors (Lipinski definition) is 2. The van der Waals surface area contributed by atoms with Crippen molar-refractivity contribution in [1.82, 2.24) is 15.1 Å². The lowest BCUT2D eigenvalue weighted by Gasteiger charge is -2.08. The predicted molar refractivity (Wildman–Crippen MR) is 70.8 cm³/mol. The second kappa shape index (κ2) is 5.08. The van der Waals surface area contributed by atoms with Crippen LogP contribution in [0.4, 0.5) is 4.39 Å². The minimum absolute atomic E-state index is 0.308. The Labute approximate surface area is 111 Å². The van der Waals surface area contributed by atoms with Crippen molar-refractivity contribution in [3.63, 3.8) is 0 Å². The molecule has 1 aromatic carbocycles. The smallest absolute Gasteiger partial charge is 0.150 e. The number of rotatable bonds is 3. The third kappa shape index (κ3) is 2.13. The molecule has 0 aliphatic heterocycles. The first kappa shape index (κ1) is 13.1. The van der Waals surface area contributed by atoms with E-state index in [0.29, 0.717) is 17.3 Å². The van der Waals surface area contributed by atoms with E-state index >= 15 is 0 Å². The maximum atomic E-state index is 13.9. The summed E-state index contributed by atoms with van der Waals surface area (Å²) in [5, 5.41) is 7.81. The van der Waals surface area contributed by atoms with Gasteiger partial charge in [-0.2, -0.15) is 5.10 Å². The number of para-hydroxylation sites is 1. The van der Waals surface area contributed by atoms with E-state index < -0.39 is 0 Å². The fourth-order valence-corrected chi connectivity index (χ4v) is 2.26. The quantitative estimate of drug-likeness (QED) is 0.927. The molecule has 0 aliphatic carbocycles. The maximum absolute atomic E-state index is 13.9. The van der Waals surface area contributed by atoms with Crippen molar-refractivity contribution in [3.8, 4) is 5.69 Å². The highest BCUT2D eigenvalue weighted by molar-refractivity contribution is 6.32. The molecule has 0 amide bonds. The van der Waals surface area contributed by atoms with E-state index in [0.717, 1.165) is 17.0 Å². The summed E-state index contributed by atoms with van der Waals surface area (Å²) in [5.74, 6) is -0.371. The number of halogens is 2. The van der Waals surface area contributed by atoms with E-state index in [-0.39, 0.29) is 5.82 Å². The molecule has 3 nitrogen and oxygen atoms in total. The minimum Gasteiger partial charge on any atom is -0.316 e. The number of aromatic nitrogens is 2. The largest absolute Gasteiger partial charge is 0.316 e. The van der Waals surface area contributed by atoms with Gasteiger partial charge in [-0.1, -0.05) is 17.7 Å². The van der Waals surface area contributed by atoms with Gasteiger partial charge in [0.05, 0.1) is 10.7 Å². The Balaban J connectivity index is 2.62. The van der Waals surface area contributed by atoms with Crippen LogP contribution in [0.2, 0.25) is 5.02 Å². The Hall–Kier alpha value is -1.39. The lowest BCUT2D eigenvalue weighted by atomic mass is 10.2. The van der Waals surface area contributed by atoms with Crippen LogP contribution in [-0.2, 0) is 6.54 Å². The van der Waals surface area contributed by atoms with Gasteiger partial charge in [-0.05, 0) is 33.0 Å². The first-order chi connectivity index (χ1) is 8.56. The molecule has 2 aromatic rings. The Bertz CT molecular complexity index is 558. The molecule has 0 radical (unpaired) electrons. The summed E-state index contributed by atoms with van der Waals surface area (Å²) in [5.41, 5.74) is 3.15. The molecule has 5 heteroatoms. The molecule has 0 spiro atoms. The van der Waals surface area contributed by atoms with E-state index in [9.17, 15) is 4.39 Å². The summed E-state index contributed by atoms with van der Waals surface area (Å²) in [7, 11) is 1.87. The van der Waals surface area contributed by atoms with Crippen LogP contribution in [0.3, 0.4) is 0 Å². The van der Waals surface area contributed by atoms with Gasteiger partial charge in [-0.25, -0.2) is 9.07 Å².